The fourth-order valence-corrected chi connectivity index (χ4v) is 4.61. The van der Waals surface area contributed by atoms with Crippen molar-refractivity contribution in [3.63, 3.8) is 0 Å². The lowest BCUT2D eigenvalue weighted by atomic mass is 10.1. The maximum atomic E-state index is 5.04. The molecule has 0 spiro atoms. The summed E-state index contributed by atoms with van der Waals surface area (Å²) in [6, 6.07) is 31.0. The van der Waals surface area contributed by atoms with Crippen molar-refractivity contribution in [2.24, 2.45) is 0 Å². The normalized spacial score (nSPS) is 11.3. The van der Waals surface area contributed by atoms with Gasteiger partial charge in [0.1, 0.15) is 5.65 Å². The molecule has 0 radical (unpaired) electrons. The van der Waals surface area contributed by atoms with E-state index in [-0.39, 0.29) is 0 Å². The Hall–Kier alpha value is -3.58. The first-order chi connectivity index (χ1) is 15.8. The Kier molecular flexibility index (Phi) is 4.69. The highest BCUT2D eigenvalue weighted by molar-refractivity contribution is 14.1. The predicted octanol–water partition coefficient (Wildman–Crippen LogP) is 6.91. The third kappa shape index (κ3) is 3.17. The Balaban J connectivity index is 1.71. The van der Waals surface area contributed by atoms with Gasteiger partial charge < -0.3 is 0 Å². The number of aromatic nitrogens is 4. The van der Waals surface area contributed by atoms with Crippen LogP contribution in [0.15, 0.2) is 103 Å². The lowest BCUT2D eigenvalue weighted by Gasteiger charge is -2.14. The van der Waals surface area contributed by atoms with Crippen LogP contribution in [-0.4, -0.2) is 19.5 Å². The highest BCUT2D eigenvalue weighted by atomic mass is 127. The first-order valence-corrected chi connectivity index (χ1v) is 11.4. The second-order valence-corrected chi connectivity index (χ2v) is 8.78. The van der Waals surface area contributed by atoms with Crippen LogP contribution in [0.3, 0.4) is 0 Å². The summed E-state index contributed by atoms with van der Waals surface area (Å²) in [5.41, 5.74) is 5.82. The van der Waals surface area contributed by atoms with E-state index in [1.54, 1.807) is 0 Å². The van der Waals surface area contributed by atoms with Gasteiger partial charge in [-0.2, -0.15) is 0 Å². The van der Waals surface area contributed by atoms with E-state index in [1.807, 2.05) is 67.0 Å². The van der Waals surface area contributed by atoms with Crippen LogP contribution in [-0.2, 0) is 0 Å². The van der Waals surface area contributed by atoms with Crippen LogP contribution in [0.1, 0.15) is 0 Å². The zero-order chi connectivity index (χ0) is 21.5. The Morgan fingerprint density at radius 2 is 1.44 bits per heavy atom. The van der Waals surface area contributed by atoms with Gasteiger partial charge in [-0.05, 0) is 46.9 Å². The van der Waals surface area contributed by atoms with Gasteiger partial charge in [-0.1, -0.05) is 66.7 Å². The summed E-state index contributed by atoms with van der Waals surface area (Å²) in [5, 5.41) is 2.28. The molecule has 0 unspecified atom stereocenters. The molecule has 3 aromatic heterocycles. The molecule has 5 heteroatoms. The molecular formula is C27H17IN4. The van der Waals surface area contributed by atoms with E-state index in [1.165, 1.54) is 8.96 Å². The second kappa shape index (κ2) is 7.84. The quantitative estimate of drug-likeness (QED) is 0.237. The minimum Gasteiger partial charge on any atom is -0.290 e. The number of halogens is 1. The van der Waals surface area contributed by atoms with E-state index in [9.17, 15) is 0 Å². The van der Waals surface area contributed by atoms with Gasteiger partial charge in [0.15, 0.2) is 5.82 Å². The van der Waals surface area contributed by atoms with E-state index in [2.05, 4.69) is 63.6 Å². The molecule has 0 N–H and O–H groups in total. The summed E-state index contributed by atoms with van der Waals surface area (Å²) < 4.78 is 3.35. The number of pyridine rings is 1. The van der Waals surface area contributed by atoms with E-state index >= 15 is 0 Å². The molecule has 0 aliphatic carbocycles. The minimum atomic E-state index is 0.705. The number of nitrogens with zero attached hydrogens (tertiary/aromatic N) is 4. The highest BCUT2D eigenvalue weighted by Crippen LogP contribution is 2.35. The molecule has 4 nitrogen and oxygen atoms in total. The first-order valence-electron chi connectivity index (χ1n) is 10.3. The molecule has 0 saturated carbocycles. The molecule has 0 aliphatic heterocycles. The third-order valence-electron chi connectivity index (χ3n) is 5.58. The molecule has 6 rings (SSSR count). The lowest BCUT2D eigenvalue weighted by Crippen LogP contribution is -2.03. The number of fused-ring (bicyclic) bond motifs is 3. The molecule has 6 aromatic rings. The summed E-state index contributed by atoms with van der Waals surface area (Å²) in [7, 11) is 0. The minimum absolute atomic E-state index is 0.705. The monoisotopic (exact) mass is 524 g/mol. The molecule has 0 aliphatic rings. The molecule has 0 bridgehead atoms. The van der Waals surface area contributed by atoms with Gasteiger partial charge in [-0.15, -0.1) is 0 Å². The molecular weight excluding hydrogens is 507 g/mol. The fourth-order valence-electron chi connectivity index (χ4n) is 4.13. The van der Waals surface area contributed by atoms with Crippen molar-refractivity contribution < 1.29 is 0 Å². The van der Waals surface area contributed by atoms with Crippen LogP contribution in [0.5, 0.6) is 0 Å². The van der Waals surface area contributed by atoms with Crippen LogP contribution in [0.25, 0.3) is 50.3 Å². The van der Waals surface area contributed by atoms with Gasteiger partial charge in [0.05, 0.1) is 23.1 Å². The zero-order valence-electron chi connectivity index (χ0n) is 17.0. The summed E-state index contributed by atoms with van der Waals surface area (Å²) in [5.74, 6) is 0.705. The average molecular weight is 524 g/mol. The van der Waals surface area contributed by atoms with Crippen molar-refractivity contribution in [2.75, 3.05) is 0 Å². The molecule has 152 valence electrons. The van der Waals surface area contributed by atoms with Crippen molar-refractivity contribution in [1.82, 2.24) is 19.5 Å². The molecule has 0 fully saturated rings. The van der Waals surface area contributed by atoms with Crippen molar-refractivity contribution in [1.29, 1.82) is 0 Å². The molecule has 0 amide bonds. The summed E-state index contributed by atoms with van der Waals surface area (Å²) in [6.45, 7) is 0. The molecule has 3 aromatic carbocycles. The van der Waals surface area contributed by atoms with E-state index < -0.39 is 0 Å². The van der Waals surface area contributed by atoms with Crippen molar-refractivity contribution >= 4 is 44.5 Å². The van der Waals surface area contributed by atoms with Crippen molar-refractivity contribution in [3.8, 4) is 28.3 Å². The van der Waals surface area contributed by atoms with Crippen LogP contribution in [0.4, 0.5) is 0 Å². The van der Waals surface area contributed by atoms with Gasteiger partial charge in [-0.25, -0.2) is 15.0 Å². The van der Waals surface area contributed by atoms with Crippen LogP contribution in [0.2, 0.25) is 0 Å². The number of hydrogen-bond acceptors (Lipinski definition) is 3. The Morgan fingerprint density at radius 3 is 2.22 bits per heavy atom. The molecule has 3 heterocycles. The van der Waals surface area contributed by atoms with Crippen LogP contribution < -0.4 is 0 Å². The summed E-state index contributed by atoms with van der Waals surface area (Å²) in [6.07, 6.45) is 3.76. The Bertz CT molecular complexity index is 1570. The van der Waals surface area contributed by atoms with Gasteiger partial charge in [0.25, 0.3) is 0 Å². The number of benzene rings is 3. The highest BCUT2D eigenvalue weighted by Gasteiger charge is 2.19. The smallest absolute Gasteiger partial charge is 0.159 e. The second-order valence-electron chi connectivity index (χ2n) is 7.53. The average Bonchev–Trinajstić information content (AvgIpc) is 3.18. The molecule has 0 saturated heterocycles. The van der Waals surface area contributed by atoms with Gasteiger partial charge >= 0.3 is 0 Å². The van der Waals surface area contributed by atoms with Gasteiger partial charge in [0, 0.05) is 31.7 Å². The largest absolute Gasteiger partial charge is 0.290 e. The fraction of sp³-hybridized carbons (Fsp3) is 0. The standard InChI is InChI=1S/C27H17IN4/c28-20-13-14-21-22-12-7-15-29-27(22)32(23(21)16-20)24-17-30-26(19-10-5-2-6-11-19)31-25(24)18-8-3-1-4-9-18/h1-17H. The molecule has 0 atom stereocenters. The van der Waals surface area contributed by atoms with Crippen molar-refractivity contribution in [2.45, 2.75) is 0 Å². The topological polar surface area (TPSA) is 43.6 Å². The number of rotatable bonds is 3. The van der Waals surface area contributed by atoms with Gasteiger partial charge in [-0.3, -0.25) is 4.57 Å². The number of hydrogen-bond donors (Lipinski definition) is 0. The van der Waals surface area contributed by atoms with Crippen LogP contribution >= 0.6 is 22.6 Å². The SMILES string of the molecule is Ic1ccc2c3cccnc3n(-c3cnc(-c4ccccc4)nc3-c3ccccc3)c2c1. The van der Waals surface area contributed by atoms with E-state index in [4.69, 9.17) is 15.0 Å². The summed E-state index contributed by atoms with van der Waals surface area (Å²) >= 11 is 2.36. The maximum absolute atomic E-state index is 5.04. The zero-order valence-corrected chi connectivity index (χ0v) is 19.1. The predicted molar refractivity (Wildman–Crippen MR) is 138 cm³/mol. The van der Waals surface area contributed by atoms with Crippen molar-refractivity contribution in [3.05, 3.63) is 107 Å². The van der Waals surface area contributed by atoms with E-state index in [0.29, 0.717) is 5.82 Å². The maximum Gasteiger partial charge on any atom is 0.159 e. The third-order valence-corrected chi connectivity index (χ3v) is 6.25. The summed E-state index contributed by atoms with van der Waals surface area (Å²) in [4.78, 5) is 14.6. The Labute approximate surface area is 198 Å². The lowest BCUT2D eigenvalue weighted by molar-refractivity contribution is 1.07. The van der Waals surface area contributed by atoms with Crippen LogP contribution in [0, 0.1) is 3.57 Å². The Morgan fingerprint density at radius 1 is 0.688 bits per heavy atom. The molecule has 32 heavy (non-hydrogen) atoms. The van der Waals surface area contributed by atoms with Gasteiger partial charge in [0.2, 0.25) is 0 Å². The van der Waals surface area contributed by atoms with E-state index in [0.717, 1.165) is 39.1 Å². The first kappa shape index (κ1) is 19.1.